The van der Waals surface area contributed by atoms with Gasteiger partial charge in [-0.1, -0.05) is 24.1 Å². The predicted molar refractivity (Wildman–Crippen MR) is 70.6 cm³/mol. The number of nitrogens with zero attached hydrogens (tertiary/aromatic N) is 1. The van der Waals surface area contributed by atoms with E-state index in [9.17, 15) is 0 Å². The summed E-state index contributed by atoms with van der Waals surface area (Å²) in [7, 11) is 2.12. The molecule has 0 spiro atoms. The van der Waals surface area contributed by atoms with Gasteiger partial charge in [-0.3, -0.25) is 4.90 Å². The van der Waals surface area contributed by atoms with Gasteiger partial charge in [-0.2, -0.15) is 0 Å². The van der Waals surface area contributed by atoms with Crippen LogP contribution in [0.5, 0.6) is 0 Å². The van der Waals surface area contributed by atoms with Crippen LogP contribution in [0.15, 0.2) is 29.2 Å². The van der Waals surface area contributed by atoms with Gasteiger partial charge in [0.2, 0.25) is 0 Å². The molecule has 0 amide bonds. The van der Waals surface area contributed by atoms with Crippen LogP contribution in [-0.4, -0.2) is 24.2 Å². The smallest absolute Gasteiger partial charge is 0.0601 e. The molecule has 0 saturated carbocycles. The van der Waals surface area contributed by atoms with Gasteiger partial charge in [-0.25, -0.2) is 0 Å². The Morgan fingerprint density at radius 3 is 3.12 bits per heavy atom. The predicted octanol–water partition coefficient (Wildman–Crippen LogP) is 3.18. The van der Waals surface area contributed by atoms with Crippen LogP contribution in [-0.2, 0) is 0 Å². The first-order valence-electron chi connectivity index (χ1n) is 5.68. The van der Waals surface area contributed by atoms with Gasteiger partial charge in [0.1, 0.15) is 0 Å². The average Bonchev–Trinajstić information content (AvgIpc) is 2.51. The molecular weight excluding hydrogens is 214 g/mol. The fourth-order valence-corrected chi connectivity index (χ4v) is 3.29. The van der Waals surface area contributed by atoms with Crippen molar-refractivity contribution in [2.75, 3.05) is 19.3 Å². The molecular formula is C14H17NS. The van der Waals surface area contributed by atoms with Crippen molar-refractivity contribution in [1.29, 1.82) is 0 Å². The highest BCUT2D eigenvalue weighted by Crippen LogP contribution is 2.36. The number of rotatable bonds is 2. The molecule has 84 valence electrons. The van der Waals surface area contributed by atoms with Gasteiger partial charge in [0, 0.05) is 10.9 Å². The second kappa shape index (κ2) is 5.43. The van der Waals surface area contributed by atoms with E-state index in [1.54, 1.807) is 0 Å². The molecule has 2 heteroatoms. The summed E-state index contributed by atoms with van der Waals surface area (Å²) in [5, 5.41) is 0. The van der Waals surface area contributed by atoms with Crippen LogP contribution in [0.1, 0.15) is 24.4 Å². The Balaban J connectivity index is 2.29. The molecule has 0 aromatic heterocycles. The van der Waals surface area contributed by atoms with Crippen LogP contribution < -0.4 is 0 Å². The molecule has 1 aromatic carbocycles. The summed E-state index contributed by atoms with van der Waals surface area (Å²) >= 11 is 1.97. The summed E-state index contributed by atoms with van der Waals surface area (Å²) < 4.78 is 0. The molecule has 2 rings (SSSR count). The van der Waals surface area contributed by atoms with Crippen molar-refractivity contribution in [1.82, 2.24) is 4.90 Å². The molecule has 1 atom stereocenters. The maximum Gasteiger partial charge on any atom is 0.0601 e. The van der Waals surface area contributed by atoms with Crippen molar-refractivity contribution in [2.45, 2.75) is 23.8 Å². The second-order valence-electron chi connectivity index (χ2n) is 4.16. The van der Waals surface area contributed by atoms with Crippen LogP contribution in [0.4, 0.5) is 0 Å². The molecule has 1 unspecified atom stereocenters. The number of terminal acetylenes is 1. The number of fused-ring (bicyclic) bond motifs is 1. The van der Waals surface area contributed by atoms with Crippen LogP contribution in [0.2, 0.25) is 0 Å². The van der Waals surface area contributed by atoms with Crippen molar-refractivity contribution in [3.05, 3.63) is 29.8 Å². The SMILES string of the molecule is C#CCN(C)C1CCCSc2ccccc21. The molecule has 1 aliphatic heterocycles. The van der Waals surface area contributed by atoms with Crippen molar-refractivity contribution < 1.29 is 0 Å². The third kappa shape index (κ3) is 2.42. The maximum atomic E-state index is 5.40. The molecule has 0 radical (unpaired) electrons. The molecule has 0 N–H and O–H groups in total. The third-order valence-electron chi connectivity index (χ3n) is 3.03. The van der Waals surface area contributed by atoms with E-state index in [1.807, 2.05) is 11.8 Å². The first kappa shape index (κ1) is 11.6. The summed E-state index contributed by atoms with van der Waals surface area (Å²) in [6.45, 7) is 0.726. The molecule has 1 nitrogen and oxygen atoms in total. The summed E-state index contributed by atoms with van der Waals surface area (Å²) in [6, 6.07) is 9.20. The first-order chi connectivity index (χ1) is 7.83. The molecule has 0 saturated heterocycles. The van der Waals surface area contributed by atoms with Crippen molar-refractivity contribution >= 4 is 11.8 Å². The summed E-state index contributed by atoms with van der Waals surface area (Å²) in [5.41, 5.74) is 1.45. The Labute approximate surface area is 102 Å². The number of hydrogen-bond acceptors (Lipinski definition) is 2. The normalized spacial score (nSPS) is 19.9. The zero-order chi connectivity index (χ0) is 11.4. The summed E-state index contributed by atoms with van der Waals surface area (Å²) in [4.78, 5) is 3.71. The lowest BCUT2D eigenvalue weighted by Crippen LogP contribution is -2.25. The van der Waals surface area contributed by atoms with E-state index in [-0.39, 0.29) is 0 Å². The lowest BCUT2D eigenvalue weighted by Gasteiger charge is -2.26. The standard InChI is InChI=1S/C14H17NS/c1-3-10-15(2)13-8-6-11-16-14-9-5-4-7-12(13)14/h1,4-5,7,9,13H,6,8,10-11H2,2H3. The van der Waals surface area contributed by atoms with Crippen molar-refractivity contribution in [2.24, 2.45) is 0 Å². The third-order valence-corrected chi connectivity index (χ3v) is 4.21. The number of thioether (sulfide) groups is 1. The van der Waals surface area contributed by atoms with Gasteiger partial charge in [0.05, 0.1) is 6.54 Å². The monoisotopic (exact) mass is 231 g/mol. The summed E-state index contributed by atoms with van der Waals surface area (Å²) in [5.74, 6) is 3.95. The molecule has 1 heterocycles. The molecule has 0 bridgehead atoms. The minimum atomic E-state index is 0.488. The highest BCUT2D eigenvalue weighted by molar-refractivity contribution is 7.99. The minimum absolute atomic E-state index is 0.488. The molecule has 1 aromatic rings. The Morgan fingerprint density at radius 2 is 2.31 bits per heavy atom. The maximum absolute atomic E-state index is 5.40. The molecule has 16 heavy (non-hydrogen) atoms. The molecule has 1 aliphatic rings. The van der Waals surface area contributed by atoms with E-state index >= 15 is 0 Å². The Morgan fingerprint density at radius 1 is 1.50 bits per heavy atom. The van der Waals surface area contributed by atoms with Gasteiger partial charge >= 0.3 is 0 Å². The van der Waals surface area contributed by atoms with Gasteiger partial charge in [-0.15, -0.1) is 18.2 Å². The lowest BCUT2D eigenvalue weighted by molar-refractivity contribution is 0.258. The van der Waals surface area contributed by atoms with Crippen LogP contribution in [0.25, 0.3) is 0 Å². The van der Waals surface area contributed by atoms with E-state index in [2.05, 4.69) is 42.1 Å². The average molecular weight is 231 g/mol. The Kier molecular flexibility index (Phi) is 3.93. The largest absolute Gasteiger partial charge is 0.288 e. The zero-order valence-electron chi connectivity index (χ0n) is 9.65. The highest BCUT2D eigenvalue weighted by atomic mass is 32.2. The van der Waals surface area contributed by atoms with Crippen molar-refractivity contribution in [3.8, 4) is 12.3 Å². The van der Waals surface area contributed by atoms with Gasteiger partial charge in [0.15, 0.2) is 0 Å². The topological polar surface area (TPSA) is 3.24 Å². The van der Waals surface area contributed by atoms with Crippen molar-refractivity contribution in [3.63, 3.8) is 0 Å². The minimum Gasteiger partial charge on any atom is -0.288 e. The zero-order valence-corrected chi connectivity index (χ0v) is 10.5. The van der Waals surface area contributed by atoms with Gasteiger partial charge < -0.3 is 0 Å². The quantitative estimate of drug-likeness (QED) is 0.719. The fourth-order valence-electron chi connectivity index (χ4n) is 2.21. The van der Waals surface area contributed by atoms with E-state index in [0.29, 0.717) is 6.04 Å². The van der Waals surface area contributed by atoms with E-state index < -0.39 is 0 Å². The van der Waals surface area contributed by atoms with E-state index in [1.165, 1.54) is 29.1 Å². The molecule has 0 fully saturated rings. The lowest BCUT2D eigenvalue weighted by atomic mass is 10.0. The van der Waals surface area contributed by atoms with Crippen LogP contribution in [0, 0.1) is 12.3 Å². The number of hydrogen-bond donors (Lipinski definition) is 0. The van der Waals surface area contributed by atoms with Crippen LogP contribution >= 0.6 is 11.8 Å². The Bertz CT molecular complexity index is 394. The summed E-state index contributed by atoms with van der Waals surface area (Å²) in [6.07, 6.45) is 7.87. The van der Waals surface area contributed by atoms with E-state index in [0.717, 1.165) is 6.54 Å². The fraction of sp³-hybridized carbons (Fsp3) is 0.429. The highest BCUT2D eigenvalue weighted by Gasteiger charge is 2.21. The van der Waals surface area contributed by atoms with E-state index in [4.69, 9.17) is 6.42 Å². The first-order valence-corrected chi connectivity index (χ1v) is 6.67. The number of benzene rings is 1. The van der Waals surface area contributed by atoms with Crippen LogP contribution in [0.3, 0.4) is 0 Å². The second-order valence-corrected chi connectivity index (χ2v) is 5.30. The Hall–Kier alpha value is -0.910. The molecule has 0 aliphatic carbocycles. The van der Waals surface area contributed by atoms with Gasteiger partial charge in [0.25, 0.3) is 0 Å². The van der Waals surface area contributed by atoms with Gasteiger partial charge in [-0.05, 0) is 37.3 Å².